The van der Waals surface area contributed by atoms with E-state index in [4.69, 9.17) is 9.47 Å². The summed E-state index contributed by atoms with van der Waals surface area (Å²) in [5.41, 5.74) is 0.522. The van der Waals surface area contributed by atoms with Crippen molar-refractivity contribution in [3.05, 3.63) is 29.8 Å². The fraction of sp³-hybridized carbons (Fsp3) is 0.727. The number of hydrogen-bond acceptors (Lipinski definition) is 4. The summed E-state index contributed by atoms with van der Waals surface area (Å²) >= 11 is 0. The van der Waals surface area contributed by atoms with Gasteiger partial charge in [0.15, 0.2) is 0 Å². The first-order chi connectivity index (χ1) is 13.4. The molecule has 1 aromatic rings. The highest BCUT2D eigenvalue weighted by Gasteiger charge is 2.39. The maximum atomic E-state index is 12.8. The molecule has 0 atom stereocenters. The largest absolute Gasteiger partial charge is 0.493 e. The van der Waals surface area contributed by atoms with Crippen LogP contribution < -0.4 is 9.46 Å². The van der Waals surface area contributed by atoms with Gasteiger partial charge in [-0.05, 0) is 61.6 Å². The molecule has 0 spiro atoms. The van der Waals surface area contributed by atoms with E-state index in [1.807, 2.05) is 24.3 Å². The van der Waals surface area contributed by atoms with Crippen molar-refractivity contribution in [3.8, 4) is 5.75 Å². The van der Waals surface area contributed by atoms with E-state index in [1.54, 1.807) is 0 Å². The van der Waals surface area contributed by atoms with Crippen molar-refractivity contribution in [1.82, 2.24) is 4.72 Å². The van der Waals surface area contributed by atoms with E-state index >= 15 is 0 Å². The quantitative estimate of drug-likeness (QED) is 0.525. The Kier molecular flexibility index (Phi) is 7.40. The molecule has 0 aliphatic heterocycles. The van der Waals surface area contributed by atoms with Crippen LogP contribution >= 0.6 is 0 Å². The van der Waals surface area contributed by atoms with E-state index in [0.29, 0.717) is 31.5 Å². The first kappa shape index (κ1) is 21.6. The van der Waals surface area contributed by atoms with E-state index < -0.39 is 15.6 Å². The van der Waals surface area contributed by atoms with Gasteiger partial charge in [-0.15, -0.1) is 0 Å². The smallest absolute Gasteiger partial charge is 0.212 e. The lowest BCUT2D eigenvalue weighted by Crippen LogP contribution is -2.44. The Bertz CT molecular complexity index is 722. The molecule has 1 N–H and O–H groups in total. The van der Waals surface area contributed by atoms with Crippen molar-refractivity contribution in [2.75, 3.05) is 25.6 Å². The van der Waals surface area contributed by atoms with E-state index in [1.165, 1.54) is 12.8 Å². The van der Waals surface area contributed by atoms with Gasteiger partial charge in [0.25, 0.3) is 0 Å². The molecule has 0 unspecified atom stereocenters. The summed E-state index contributed by atoms with van der Waals surface area (Å²) in [6.45, 7) is 6.09. The van der Waals surface area contributed by atoms with Gasteiger partial charge in [-0.3, -0.25) is 0 Å². The molecule has 0 saturated heterocycles. The second-order valence-corrected chi connectivity index (χ2v) is 10.7. The minimum Gasteiger partial charge on any atom is -0.493 e. The average Bonchev–Trinajstić information content (AvgIpc) is 3.37. The Morgan fingerprint density at radius 2 is 1.96 bits per heavy atom. The number of benzene rings is 1. The van der Waals surface area contributed by atoms with Crippen molar-refractivity contribution >= 4 is 10.0 Å². The van der Waals surface area contributed by atoms with Crippen molar-refractivity contribution in [3.63, 3.8) is 0 Å². The minimum atomic E-state index is -3.37. The van der Waals surface area contributed by atoms with Gasteiger partial charge in [-0.1, -0.05) is 38.8 Å². The lowest BCUT2D eigenvalue weighted by Gasteiger charge is -2.31. The van der Waals surface area contributed by atoms with Gasteiger partial charge < -0.3 is 9.47 Å². The monoisotopic (exact) mass is 409 g/mol. The Hall–Kier alpha value is -1.11. The summed E-state index contributed by atoms with van der Waals surface area (Å²) in [4.78, 5) is 0. The first-order valence-electron chi connectivity index (χ1n) is 10.7. The molecule has 0 bridgehead atoms. The number of hydrogen-bond donors (Lipinski definition) is 1. The molecular formula is C22H35NO4S. The topological polar surface area (TPSA) is 64.6 Å². The summed E-state index contributed by atoms with van der Waals surface area (Å²) < 4.78 is 40.0. The molecule has 1 aromatic carbocycles. The van der Waals surface area contributed by atoms with Crippen molar-refractivity contribution in [1.29, 1.82) is 0 Å². The standard InChI is InChI=1S/C22H35NO4S/c1-18(2)16-26-13-6-14-28(24,25)23-22(11-3-4-12-22)20-7-5-8-21(15-20)27-17-19-9-10-19/h5,7-8,15,18-19,23H,3-4,6,9-14,16-17H2,1-2H3. The molecule has 2 aliphatic carbocycles. The zero-order valence-corrected chi connectivity index (χ0v) is 18.1. The van der Waals surface area contributed by atoms with Gasteiger partial charge in [0.2, 0.25) is 10.0 Å². The van der Waals surface area contributed by atoms with Crippen molar-refractivity contribution in [2.45, 2.75) is 64.3 Å². The molecular weight excluding hydrogens is 374 g/mol. The predicted octanol–water partition coefficient (Wildman–Crippen LogP) is 4.23. The zero-order chi connectivity index (χ0) is 20.0. The fourth-order valence-corrected chi connectivity index (χ4v) is 5.35. The summed E-state index contributed by atoms with van der Waals surface area (Å²) in [5, 5.41) is 0. The van der Waals surface area contributed by atoms with E-state index in [0.717, 1.165) is 43.6 Å². The third-order valence-corrected chi connectivity index (χ3v) is 7.06. The van der Waals surface area contributed by atoms with Gasteiger partial charge in [-0.2, -0.15) is 0 Å². The van der Waals surface area contributed by atoms with Gasteiger partial charge in [0.05, 0.1) is 17.9 Å². The first-order valence-corrected chi connectivity index (χ1v) is 12.4. The summed E-state index contributed by atoms with van der Waals surface area (Å²) in [6.07, 6.45) is 6.77. The molecule has 158 valence electrons. The third kappa shape index (κ3) is 6.46. The minimum absolute atomic E-state index is 0.102. The Labute approximate surface area is 170 Å². The molecule has 3 rings (SSSR count). The van der Waals surface area contributed by atoms with Crippen LogP contribution in [-0.2, 0) is 20.3 Å². The second-order valence-electron chi connectivity index (χ2n) is 8.81. The highest BCUT2D eigenvalue weighted by molar-refractivity contribution is 7.89. The molecule has 28 heavy (non-hydrogen) atoms. The van der Waals surface area contributed by atoms with Crippen LogP contribution in [0.1, 0.15) is 64.4 Å². The Balaban J connectivity index is 1.62. The Morgan fingerprint density at radius 1 is 1.21 bits per heavy atom. The van der Waals surface area contributed by atoms with Crippen LogP contribution in [0.4, 0.5) is 0 Å². The van der Waals surface area contributed by atoms with Crippen LogP contribution in [0.5, 0.6) is 5.75 Å². The number of nitrogens with one attached hydrogen (secondary N) is 1. The molecule has 0 aromatic heterocycles. The normalized spacial score (nSPS) is 19.2. The van der Waals surface area contributed by atoms with Gasteiger partial charge in [0.1, 0.15) is 5.75 Å². The number of ether oxygens (including phenoxy) is 2. The van der Waals surface area contributed by atoms with Gasteiger partial charge in [-0.25, -0.2) is 13.1 Å². The molecule has 0 radical (unpaired) electrons. The van der Waals surface area contributed by atoms with Crippen molar-refractivity contribution < 1.29 is 17.9 Å². The fourth-order valence-electron chi connectivity index (χ4n) is 3.83. The molecule has 6 heteroatoms. The van der Waals surface area contributed by atoms with Crippen LogP contribution in [0.3, 0.4) is 0 Å². The van der Waals surface area contributed by atoms with E-state index in [2.05, 4.69) is 18.6 Å². The highest BCUT2D eigenvalue weighted by Crippen LogP contribution is 2.40. The van der Waals surface area contributed by atoms with Crippen LogP contribution in [0.2, 0.25) is 0 Å². The maximum Gasteiger partial charge on any atom is 0.212 e. The molecule has 0 amide bonds. The zero-order valence-electron chi connectivity index (χ0n) is 17.3. The van der Waals surface area contributed by atoms with E-state index in [9.17, 15) is 8.42 Å². The molecule has 2 saturated carbocycles. The van der Waals surface area contributed by atoms with Crippen LogP contribution in [0.25, 0.3) is 0 Å². The number of sulfonamides is 1. The van der Waals surface area contributed by atoms with Crippen molar-refractivity contribution in [2.24, 2.45) is 11.8 Å². The lowest BCUT2D eigenvalue weighted by atomic mass is 9.89. The Morgan fingerprint density at radius 3 is 2.64 bits per heavy atom. The number of rotatable bonds is 12. The van der Waals surface area contributed by atoms with Crippen LogP contribution in [0, 0.1) is 11.8 Å². The third-order valence-electron chi connectivity index (χ3n) is 5.53. The predicted molar refractivity (Wildman–Crippen MR) is 112 cm³/mol. The molecule has 2 aliphatic rings. The molecule has 0 heterocycles. The van der Waals surface area contributed by atoms with Crippen LogP contribution in [-0.4, -0.2) is 34.0 Å². The van der Waals surface area contributed by atoms with E-state index in [-0.39, 0.29) is 5.75 Å². The summed E-state index contributed by atoms with van der Waals surface area (Å²) in [7, 11) is -3.37. The molecule has 2 fully saturated rings. The summed E-state index contributed by atoms with van der Waals surface area (Å²) in [5.74, 6) is 2.11. The molecule has 5 nitrogen and oxygen atoms in total. The van der Waals surface area contributed by atoms with Gasteiger partial charge in [0, 0.05) is 13.2 Å². The van der Waals surface area contributed by atoms with Crippen LogP contribution in [0.15, 0.2) is 24.3 Å². The highest BCUT2D eigenvalue weighted by atomic mass is 32.2. The SMILES string of the molecule is CC(C)COCCCS(=O)(=O)NC1(c2cccc(OCC3CC3)c2)CCCC1. The van der Waals surface area contributed by atoms with Gasteiger partial charge >= 0.3 is 0 Å². The lowest BCUT2D eigenvalue weighted by molar-refractivity contribution is 0.111. The average molecular weight is 410 g/mol. The summed E-state index contributed by atoms with van der Waals surface area (Å²) in [6, 6.07) is 8.01. The maximum absolute atomic E-state index is 12.8. The second kappa shape index (κ2) is 9.59.